The number of ether oxygens (including phenoxy) is 2. The van der Waals surface area contributed by atoms with Crippen molar-refractivity contribution in [3.63, 3.8) is 0 Å². The molecule has 1 aromatic carbocycles. The molecule has 0 bridgehead atoms. The lowest BCUT2D eigenvalue weighted by molar-refractivity contribution is -0.145. The van der Waals surface area contributed by atoms with E-state index in [-0.39, 0.29) is 17.1 Å². The Hall–Kier alpha value is -1.88. The number of phenols is 1. The summed E-state index contributed by atoms with van der Waals surface area (Å²) in [6.07, 6.45) is 5.45. The normalized spacial score (nSPS) is 17.2. The van der Waals surface area contributed by atoms with E-state index in [1.165, 1.54) is 37.5 Å². The van der Waals surface area contributed by atoms with Crippen molar-refractivity contribution in [2.45, 2.75) is 51.6 Å². The van der Waals surface area contributed by atoms with E-state index in [9.17, 15) is 14.7 Å². The van der Waals surface area contributed by atoms with Gasteiger partial charge in [-0.15, -0.1) is 0 Å². The molecule has 0 fully saturated rings. The average Bonchev–Trinajstić information content (AvgIpc) is 2.48. The topological polar surface area (TPSA) is 72.8 Å². The van der Waals surface area contributed by atoms with Crippen LogP contribution in [0.15, 0.2) is 18.2 Å². The third kappa shape index (κ3) is 4.07. The molecule has 120 valence electrons. The van der Waals surface area contributed by atoms with Crippen molar-refractivity contribution >= 4 is 11.8 Å². The number of ketones is 1. The molecule has 1 N–H and O–H groups in total. The molecule has 1 aromatic rings. The number of unbranched alkanes of at least 4 members (excludes halogenated alkanes) is 5. The standard InChI is InChI=1S/C17H22O5/c1-2-3-4-5-6-7-10-21-16-15(19)13-9-8-12(18)11-14(13)22-17(16)20/h8-9,11,16,18H,2-7,10H2,1H3. The quantitative estimate of drug-likeness (QED) is 0.345. The van der Waals surface area contributed by atoms with E-state index in [2.05, 4.69) is 6.92 Å². The Morgan fingerprint density at radius 3 is 2.64 bits per heavy atom. The minimum absolute atomic E-state index is 0.0502. The van der Waals surface area contributed by atoms with Crippen LogP contribution in [0.2, 0.25) is 0 Å². The molecule has 0 amide bonds. The zero-order valence-corrected chi connectivity index (χ0v) is 12.8. The molecule has 1 aliphatic rings. The van der Waals surface area contributed by atoms with Crippen LogP contribution in [-0.4, -0.2) is 29.6 Å². The Balaban J connectivity index is 1.83. The molecule has 5 nitrogen and oxygen atoms in total. The Labute approximate surface area is 130 Å². The van der Waals surface area contributed by atoms with E-state index in [0.29, 0.717) is 6.61 Å². The Morgan fingerprint density at radius 2 is 1.86 bits per heavy atom. The molecule has 0 radical (unpaired) electrons. The smallest absolute Gasteiger partial charge is 0.348 e. The highest BCUT2D eigenvalue weighted by molar-refractivity contribution is 6.15. The van der Waals surface area contributed by atoms with Gasteiger partial charge in [-0.05, 0) is 18.6 Å². The van der Waals surface area contributed by atoms with Gasteiger partial charge in [-0.1, -0.05) is 39.0 Å². The summed E-state index contributed by atoms with van der Waals surface area (Å²) in [6, 6.07) is 4.09. The number of rotatable bonds is 8. The zero-order chi connectivity index (χ0) is 15.9. The molecule has 1 unspecified atom stereocenters. The van der Waals surface area contributed by atoms with E-state index in [1.54, 1.807) is 0 Å². The van der Waals surface area contributed by atoms with E-state index in [4.69, 9.17) is 9.47 Å². The predicted molar refractivity (Wildman–Crippen MR) is 81.2 cm³/mol. The first-order valence-electron chi connectivity index (χ1n) is 7.84. The fourth-order valence-corrected chi connectivity index (χ4v) is 2.44. The summed E-state index contributed by atoms with van der Waals surface area (Å²) >= 11 is 0. The van der Waals surface area contributed by atoms with Crippen LogP contribution >= 0.6 is 0 Å². The molecular weight excluding hydrogens is 284 g/mol. The molecule has 22 heavy (non-hydrogen) atoms. The van der Waals surface area contributed by atoms with Gasteiger partial charge in [0, 0.05) is 12.7 Å². The number of aromatic hydroxyl groups is 1. The predicted octanol–water partition coefficient (Wildman–Crippen LogP) is 3.24. The van der Waals surface area contributed by atoms with Crippen LogP contribution in [0, 0.1) is 0 Å². The lowest BCUT2D eigenvalue weighted by Gasteiger charge is -2.22. The zero-order valence-electron chi connectivity index (χ0n) is 12.8. The van der Waals surface area contributed by atoms with Crippen LogP contribution in [0.3, 0.4) is 0 Å². The highest BCUT2D eigenvalue weighted by Gasteiger charge is 2.37. The highest BCUT2D eigenvalue weighted by atomic mass is 16.6. The summed E-state index contributed by atoms with van der Waals surface area (Å²) < 4.78 is 10.5. The number of benzene rings is 1. The molecule has 1 atom stereocenters. The first-order valence-corrected chi connectivity index (χ1v) is 7.84. The second-order valence-electron chi connectivity index (χ2n) is 5.48. The SMILES string of the molecule is CCCCCCCCOC1C(=O)Oc2cc(O)ccc2C1=O. The summed E-state index contributed by atoms with van der Waals surface area (Å²) in [4.78, 5) is 24.1. The van der Waals surface area contributed by atoms with E-state index < -0.39 is 17.9 Å². The lowest BCUT2D eigenvalue weighted by Crippen LogP contribution is -2.40. The van der Waals surface area contributed by atoms with Crippen molar-refractivity contribution in [1.29, 1.82) is 0 Å². The maximum absolute atomic E-state index is 12.2. The van der Waals surface area contributed by atoms with E-state index >= 15 is 0 Å². The number of carbonyl (C=O) groups is 2. The fraction of sp³-hybridized carbons (Fsp3) is 0.529. The van der Waals surface area contributed by atoms with Crippen LogP contribution < -0.4 is 4.74 Å². The molecule has 2 rings (SSSR count). The molecule has 0 saturated carbocycles. The molecule has 1 aliphatic heterocycles. The second-order valence-corrected chi connectivity index (χ2v) is 5.48. The van der Waals surface area contributed by atoms with Gasteiger partial charge in [-0.3, -0.25) is 4.79 Å². The van der Waals surface area contributed by atoms with Gasteiger partial charge in [0.05, 0.1) is 5.56 Å². The summed E-state index contributed by atoms with van der Waals surface area (Å²) in [5.41, 5.74) is 0.269. The Morgan fingerprint density at radius 1 is 1.14 bits per heavy atom. The molecular formula is C17H22O5. The maximum Gasteiger partial charge on any atom is 0.348 e. The molecule has 0 aliphatic carbocycles. The van der Waals surface area contributed by atoms with Crippen LogP contribution in [0.4, 0.5) is 0 Å². The van der Waals surface area contributed by atoms with E-state index in [0.717, 1.165) is 19.3 Å². The monoisotopic (exact) mass is 306 g/mol. The molecule has 5 heteroatoms. The Bertz CT molecular complexity index is 538. The maximum atomic E-state index is 12.2. The first kappa shape index (κ1) is 16.5. The van der Waals surface area contributed by atoms with Gasteiger partial charge in [0.15, 0.2) is 0 Å². The average molecular weight is 306 g/mol. The van der Waals surface area contributed by atoms with Crippen LogP contribution in [0.1, 0.15) is 55.8 Å². The van der Waals surface area contributed by atoms with Gasteiger partial charge < -0.3 is 14.6 Å². The highest BCUT2D eigenvalue weighted by Crippen LogP contribution is 2.30. The summed E-state index contributed by atoms with van der Waals surface area (Å²) in [5.74, 6) is -1.08. The van der Waals surface area contributed by atoms with Crippen molar-refractivity contribution in [2.75, 3.05) is 6.61 Å². The largest absolute Gasteiger partial charge is 0.508 e. The van der Waals surface area contributed by atoms with Crippen LogP contribution in [-0.2, 0) is 9.53 Å². The second kappa shape index (κ2) is 7.94. The molecule has 0 saturated heterocycles. The third-order valence-corrected chi connectivity index (χ3v) is 3.68. The number of carbonyl (C=O) groups excluding carboxylic acids is 2. The van der Waals surface area contributed by atoms with Gasteiger partial charge in [-0.25, -0.2) is 4.79 Å². The van der Waals surface area contributed by atoms with Gasteiger partial charge in [0.25, 0.3) is 0 Å². The lowest BCUT2D eigenvalue weighted by atomic mass is 10.0. The summed E-state index contributed by atoms with van der Waals surface area (Å²) in [6.45, 7) is 2.53. The van der Waals surface area contributed by atoms with Crippen molar-refractivity contribution in [1.82, 2.24) is 0 Å². The Kier molecular flexibility index (Phi) is 5.95. The van der Waals surface area contributed by atoms with Crippen LogP contribution in [0.5, 0.6) is 11.5 Å². The van der Waals surface area contributed by atoms with Gasteiger partial charge in [0.2, 0.25) is 11.9 Å². The molecule has 0 aromatic heterocycles. The fourth-order valence-electron chi connectivity index (χ4n) is 2.44. The van der Waals surface area contributed by atoms with E-state index in [1.807, 2.05) is 0 Å². The minimum Gasteiger partial charge on any atom is -0.508 e. The van der Waals surface area contributed by atoms with Gasteiger partial charge >= 0.3 is 5.97 Å². The van der Waals surface area contributed by atoms with Crippen molar-refractivity contribution in [2.24, 2.45) is 0 Å². The van der Waals surface area contributed by atoms with Crippen LogP contribution in [0.25, 0.3) is 0 Å². The van der Waals surface area contributed by atoms with Crippen molar-refractivity contribution in [3.8, 4) is 11.5 Å². The number of esters is 1. The number of hydrogen-bond acceptors (Lipinski definition) is 5. The number of phenolic OH excluding ortho intramolecular Hbond substituents is 1. The summed E-state index contributed by atoms with van der Waals surface area (Å²) in [7, 11) is 0. The number of Topliss-reactive ketones (excluding diaryl/α,β-unsaturated/α-hetero) is 1. The minimum atomic E-state index is -1.19. The van der Waals surface area contributed by atoms with Crippen molar-refractivity contribution < 1.29 is 24.2 Å². The first-order chi connectivity index (χ1) is 10.6. The third-order valence-electron chi connectivity index (χ3n) is 3.68. The number of fused-ring (bicyclic) bond motifs is 1. The number of hydrogen-bond donors (Lipinski definition) is 1. The summed E-state index contributed by atoms with van der Waals surface area (Å²) in [5, 5.41) is 9.35. The van der Waals surface area contributed by atoms with Crippen molar-refractivity contribution in [3.05, 3.63) is 23.8 Å². The molecule has 0 spiro atoms. The van der Waals surface area contributed by atoms with Gasteiger partial charge in [-0.2, -0.15) is 0 Å². The molecule has 1 heterocycles. The van der Waals surface area contributed by atoms with Gasteiger partial charge in [0.1, 0.15) is 11.5 Å².